The van der Waals surface area contributed by atoms with E-state index >= 15 is 4.39 Å². The lowest BCUT2D eigenvalue weighted by atomic mass is 9.95. The first-order valence-corrected chi connectivity index (χ1v) is 16.3. The van der Waals surface area contributed by atoms with E-state index in [2.05, 4.69) is 14.7 Å². The number of carbonyl (C=O) groups is 1. The fourth-order valence-electron chi connectivity index (χ4n) is 8.58. The third-order valence-electron chi connectivity index (χ3n) is 10.7. The Hall–Kier alpha value is -4.02. The topological polar surface area (TPSA) is 108 Å². The molecule has 1 aromatic heterocycles. The van der Waals surface area contributed by atoms with Crippen molar-refractivity contribution in [1.29, 1.82) is 0 Å². The van der Waals surface area contributed by atoms with Gasteiger partial charge in [0.2, 0.25) is 5.91 Å². The molecule has 10 heteroatoms. The van der Waals surface area contributed by atoms with Crippen LogP contribution in [0.1, 0.15) is 44.9 Å². The number of nitrogens with zero attached hydrogens (tertiary/aromatic N) is 5. The Kier molecular flexibility index (Phi) is 7.02. The molecular weight excluding hydrogens is 571 g/mol. The van der Waals surface area contributed by atoms with Gasteiger partial charge < -0.3 is 20.5 Å². The van der Waals surface area contributed by atoms with Crippen LogP contribution in [0.3, 0.4) is 0 Å². The van der Waals surface area contributed by atoms with Gasteiger partial charge in [-0.25, -0.2) is 4.39 Å². The lowest BCUT2D eigenvalue weighted by molar-refractivity contribution is -0.118. The maximum absolute atomic E-state index is 16.8. The largest absolute Gasteiger partial charge is 0.508 e. The number of aromatic hydroxyl groups is 1. The number of fused-ring (bicyclic) bond motifs is 5. The number of benzene rings is 3. The van der Waals surface area contributed by atoms with Gasteiger partial charge in [-0.1, -0.05) is 30.3 Å². The fraction of sp³-hybridized carbons (Fsp3) is 0.457. The maximum atomic E-state index is 16.8. The van der Waals surface area contributed by atoms with Gasteiger partial charge in [-0.05, 0) is 86.1 Å². The fourth-order valence-corrected chi connectivity index (χ4v) is 8.58. The minimum atomic E-state index is -0.457. The second-order valence-corrected chi connectivity index (χ2v) is 13.3. The Bertz CT molecular complexity index is 1770. The van der Waals surface area contributed by atoms with Crippen molar-refractivity contribution >= 4 is 33.4 Å². The number of anilines is 1. The number of phenols is 1. The van der Waals surface area contributed by atoms with Crippen LogP contribution in [-0.2, 0) is 4.79 Å². The summed E-state index contributed by atoms with van der Waals surface area (Å²) in [5, 5.41) is 12.8. The molecular formula is C35H39FN6O3. The molecule has 3 N–H and O–H groups in total. The zero-order valence-electron chi connectivity index (χ0n) is 25.4. The molecule has 0 radical (unpaired) electrons. The molecule has 0 saturated carbocycles. The number of phenolic OH excluding ortho intramolecular Hbond substituents is 1. The Morgan fingerprint density at radius 3 is 2.51 bits per heavy atom. The van der Waals surface area contributed by atoms with Crippen molar-refractivity contribution in [2.24, 2.45) is 5.73 Å². The highest BCUT2D eigenvalue weighted by Crippen LogP contribution is 2.42. The van der Waals surface area contributed by atoms with Gasteiger partial charge in [-0.15, -0.1) is 0 Å². The number of aromatic nitrogens is 2. The summed E-state index contributed by atoms with van der Waals surface area (Å²) in [6.07, 6.45) is 6.91. The summed E-state index contributed by atoms with van der Waals surface area (Å²) in [5.74, 6) is 0.0205. The highest BCUT2D eigenvalue weighted by Gasteiger charge is 2.45. The minimum absolute atomic E-state index is 0.00448. The van der Waals surface area contributed by atoms with Crippen molar-refractivity contribution in [3.63, 3.8) is 0 Å². The van der Waals surface area contributed by atoms with Crippen molar-refractivity contribution in [3.05, 3.63) is 54.3 Å². The molecule has 45 heavy (non-hydrogen) atoms. The molecule has 9 nitrogen and oxygen atoms in total. The zero-order chi connectivity index (χ0) is 30.7. The van der Waals surface area contributed by atoms with E-state index in [4.69, 9.17) is 20.4 Å². The molecule has 3 aromatic carbocycles. The van der Waals surface area contributed by atoms with E-state index in [1.54, 1.807) is 18.2 Å². The molecule has 4 saturated heterocycles. The van der Waals surface area contributed by atoms with Gasteiger partial charge >= 0.3 is 6.01 Å². The number of amides is 1. The van der Waals surface area contributed by atoms with Crippen LogP contribution in [0, 0.1) is 5.82 Å². The summed E-state index contributed by atoms with van der Waals surface area (Å²) < 4.78 is 23.2. The Morgan fingerprint density at radius 1 is 1.00 bits per heavy atom. The number of primary amides is 1. The van der Waals surface area contributed by atoms with Crippen molar-refractivity contribution in [3.8, 4) is 22.9 Å². The molecule has 0 aliphatic carbocycles. The van der Waals surface area contributed by atoms with E-state index in [-0.39, 0.29) is 40.8 Å². The van der Waals surface area contributed by atoms with Crippen LogP contribution in [0.4, 0.5) is 10.2 Å². The second-order valence-electron chi connectivity index (χ2n) is 13.3. The van der Waals surface area contributed by atoms with Gasteiger partial charge in [0, 0.05) is 49.1 Å². The Morgan fingerprint density at radius 2 is 1.76 bits per heavy atom. The first-order chi connectivity index (χ1) is 21.9. The van der Waals surface area contributed by atoms with Crippen LogP contribution in [0.2, 0.25) is 0 Å². The molecule has 5 heterocycles. The summed E-state index contributed by atoms with van der Waals surface area (Å²) in [6, 6.07) is 15.4. The van der Waals surface area contributed by atoms with E-state index in [1.807, 2.05) is 30.3 Å². The molecule has 4 fully saturated rings. The third kappa shape index (κ3) is 4.95. The molecule has 0 spiro atoms. The summed E-state index contributed by atoms with van der Waals surface area (Å²) in [6.45, 7) is 4.77. The molecule has 0 unspecified atom stereocenters. The van der Waals surface area contributed by atoms with E-state index in [0.29, 0.717) is 41.9 Å². The van der Waals surface area contributed by atoms with Gasteiger partial charge in [0.05, 0.1) is 5.54 Å². The first-order valence-electron chi connectivity index (χ1n) is 16.3. The summed E-state index contributed by atoms with van der Waals surface area (Å²) in [5.41, 5.74) is 6.68. The van der Waals surface area contributed by atoms with Crippen LogP contribution in [0.25, 0.3) is 32.8 Å². The minimum Gasteiger partial charge on any atom is -0.508 e. The predicted octanol–water partition coefficient (Wildman–Crippen LogP) is 4.83. The van der Waals surface area contributed by atoms with Crippen LogP contribution in [0.5, 0.6) is 11.8 Å². The van der Waals surface area contributed by atoms with Gasteiger partial charge in [-0.3, -0.25) is 14.6 Å². The van der Waals surface area contributed by atoms with Crippen LogP contribution in [0.15, 0.2) is 48.5 Å². The summed E-state index contributed by atoms with van der Waals surface area (Å²) in [7, 11) is 0. The lowest BCUT2D eigenvalue weighted by Gasteiger charge is -2.41. The number of hydrogen-bond donors (Lipinski definition) is 2. The average Bonchev–Trinajstić information content (AvgIpc) is 3.68. The monoisotopic (exact) mass is 610 g/mol. The zero-order valence-corrected chi connectivity index (χ0v) is 25.4. The highest BCUT2D eigenvalue weighted by atomic mass is 19.1. The maximum Gasteiger partial charge on any atom is 0.319 e. The summed E-state index contributed by atoms with van der Waals surface area (Å²) >= 11 is 0. The lowest BCUT2D eigenvalue weighted by Crippen LogP contribution is -2.54. The average molecular weight is 611 g/mol. The standard InChI is InChI=1S/C35H39FN6O3/c36-31-27(29-18-25(43)17-22-5-1-2-6-26(22)29)9-10-28-32(31)38-34(45-21-35-12-3-14-41(35)15-4-13-35)39-33(28)40-19-23-7-8-24(20-40)42(23)16-11-30(37)44/h1-2,5-6,9-10,17-18,23-24,43H,3-4,7-8,11-16,19-21H2,(H2,37,44)/t23-,24+. The number of hydrogen-bond acceptors (Lipinski definition) is 8. The number of nitrogens with two attached hydrogens (primary N) is 1. The number of ether oxygens (including phenoxy) is 1. The molecule has 4 aliphatic heterocycles. The molecule has 2 atom stereocenters. The Labute approximate surface area is 261 Å². The van der Waals surface area contributed by atoms with E-state index in [9.17, 15) is 9.90 Å². The van der Waals surface area contributed by atoms with Crippen LogP contribution >= 0.6 is 0 Å². The van der Waals surface area contributed by atoms with Crippen LogP contribution in [-0.4, -0.2) is 87.7 Å². The third-order valence-corrected chi connectivity index (χ3v) is 10.7. The van der Waals surface area contributed by atoms with E-state index < -0.39 is 5.82 Å². The van der Waals surface area contributed by atoms with Gasteiger partial charge in [0.1, 0.15) is 23.7 Å². The van der Waals surface area contributed by atoms with Crippen molar-refractivity contribution in [2.75, 3.05) is 44.2 Å². The van der Waals surface area contributed by atoms with E-state index in [0.717, 1.165) is 75.5 Å². The van der Waals surface area contributed by atoms with Gasteiger partial charge in [-0.2, -0.15) is 9.97 Å². The quantitative estimate of drug-likeness (QED) is 0.292. The molecule has 8 rings (SSSR count). The number of halogens is 1. The number of piperazine rings is 1. The molecule has 4 aromatic rings. The Balaban J connectivity index is 1.20. The predicted molar refractivity (Wildman–Crippen MR) is 172 cm³/mol. The molecule has 234 valence electrons. The number of carbonyl (C=O) groups excluding carboxylic acids is 1. The second kappa shape index (κ2) is 11.1. The SMILES string of the molecule is NC(=O)CCN1[C@@H]2CC[C@H]1CN(c1nc(OCC34CCCN3CCC4)nc3c(F)c(-c4cc(O)cc5ccccc45)ccc13)C2. The number of rotatable bonds is 8. The molecule has 1 amide bonds. The van der Waals surface area contributed by atoms with Crippen LogP contribution < -0.4 is 15.4 Å². The smallest absolute Gasteiger partial charge is 0.319 e. The van der Waals surface area contributed by atoms with Gasteiger partial charge in [0.15, 0.2) is 5.82 Å². The van der Waals surface area contributed by atoms with Crippen molar-refractivity contribution in [2.45, 2.75) is 62.6 Å². The normalized spacial score (nSPS) is 22.8. The van der Waals surface area contributed by atoms with Crippen molar-refractivity contribution in [1.82, 2.24) is 19.8 Å². The highest BCUT2D eigenvalue weighted by molar-refractivity contribution is 6.01. The van der Waals surface area contributed by atoms with Gasteiger partial charge in [0.25, 0.3) is 0 Å². The van der Waals surface area contributed by atoms with Crippen molar-refractivity contribution < 1.29 is 19.0 Å². The first kappa shape index (κ1) is 28.5. The molecule has 2 bridgehead atoms. The van der Waals surface area contributed by atoms with E-state index in [1.165, 1.54) is 0 Å². The summed E-state index contributed by atoms with van der Waals surface area (Å²) in [4.78, 5) is 28.4. The molecule has 4 aliphatic rings.